The van der Waals surface area contributed by atoms with Gasteiger partial charge < -0.3 is 14.5 Å². The number of halogens is 1. The van der Waals surface area contributed by atoms with E-state index < -0.39 is 0 Å². The van der Waals surface area contributed by atoms with Crippen molar-refractivity contribution in [2.45, 2.75) is 6.92 Å². The minimum atomic E-state index is -0.0139. The zero-order chi connectivity index (χ0) is 17.3. The van der Waals surface area contributed by atoms with Crippen LogP contribution in [0.15, 0.2) is 28.7 Å². The number of amides is 1. The molecule has 0 spiro atoms. The molecule has 1 aliphatic heterocycles. The highest BCUT2D eigenvalue weighted by molar-refractivity contribution is 9.10. The molecule has 0 aliphatic carbocycles. The maximum atomic E-state index is 12.7. The Balaban J connectivity index is 1.65. The Morgan fingerprint density at radius 3 is 2.29 bits per heavy atom. The molecule has 0 radical (unpaired) electrons. The van der Waals surface area contributed by atoms with Crippen molar-refractivity contribution in [3.8, 4) is 5.75 Å². The molecule has 7 heteroatoms. The van der Waals surface area contributed by atoms with Crippen LogP contribution in [0.5, 0.6) is 5.75 Å². The number of anilines is 1. The fourth-order valence-corrected chi connectivity index (χ4v) is 3.34. The van der Waals surface area contributed by atoms with Gasteiger partial charge in [-0.25, -0.2) is 0 Å². The number of carbonyl (C=O) groups is 1. The highest BCUT2D eigenvalue weighted by Crippen LogP contribution is 2.24. The molecule has 24 heavy (non-hydrogen) atoms. The van der Waals surface area contributed by atoms with Crippen LogP contribution in [0.4, 0.5) is 5.69 Å². The molecule has 1 amide bonds. The van der Waals surface area contributed by atoms with E-state index in [1.54, 1.807) is 11.8 Å². The summed E-state index contributed by atoms with van der Waals surface area (Å²) in [6.45, 7) is 4.93. The van der Waals surface area contributed by atoms with E-state index in [4.69, 9.17) is 4.74 Å². The minimum Gasteiger partial charge on any atom is -0.497 e. The summed E-state index contributed by atoms with van der Waals surface area (Å²) >= 11 is 3.48. The van der Waals surface area contributed by atoms with Crippen LogP contribution < -0.4 is 9.64 Å². The molecule has 2 heterocycles. The molecule has 0 unspecified atom stereocenters. The highest BCUT2D eigenvalue weighted by atomic mass is 79.9. The number of hydrogen-bond acceptors (Lipinski definition) is 4. The number of carbonyl (C=O) groups excluding carboxylic acids is 1. The van der Waals surface area contributed by atoms with Gasteiger partial charge in [0.05, 0.1) is 17.3 Å². The van der Waals surface area contributed by atoms with Gasteiger partial charge in [0.15, 0.2) is 5.69 Å². The van der Waals surface area contributed by atoms with Gasteiger partial charge in [0.25, 0.3) is 5.91 Å². The predicted molar refractivity (Wildman–Crippen MR) is 96.8 cm³/mol. The molecule has 0 bridgehead atoms. The summed E-state index contributed by atoms with van der Waals surface area (Å²) in [4.78, 5) is 16.8. The molecule has 0 atom stereocenters. The monoisotopic (exact) mass is 392 g/mol. The summed E-state index contributed by atoms with van der Waals surface area (Å²) in [7, 11) is 3.51. The highest BCUT2D eigenvalue weighted by Gasteiger charge is 2.26. The van der Waals surface area contributed by atoms with Gasteiger partial charge in [0.1, 0.15) is 5.75 Å². The van der Waals surface area contributed by atoms with Crippen LogP contribution in [0, 0.1) is 6.92 Å². The molecule has 2 aromatic rings. The van der Waals surface area contributed by atoms with Gasteiger partial charge in [-0.05, 0) is 47.1 Å². The summed E-state index contributed by atoms with van der Waals surface area (Å²) in [6.07, 6.45) is 0. The van der Waals surface area contributed by atoms with Crippen LogP contribution in [-0.4, -0.2) is 53.9 Å². The lowest BCUT2D eigenvalue weighted by Gasteiger charge is -2.35. The van der Waals surface area contributed by atoms with Gasteiger partial charge >= 0.3 is 0 Å². The van der Waals surface area contributed by atoms with Crippen LogP contribution >= 0.6 is 15.9 Å². The molecule has 1 saturated heterocycles. The molecule has 0 saturated carbocycles. The quantitative estimate of drug-likeness (QED) is 0.804. The summed E-state index contributed by atoms with van der Waals surface area (Å²) in [5.74, 6) is 0.836. The van der Waals surface area contributed by atoms with E-state index in [0.717, 1.165) is 34.7 Å². The van der Waals surface area contributed by atoms with Gasteiger partial charge in [0, 0.05) is 38.9 Å². The maximum Gasteiger partial charge on any atom is 0.275 e. The lowest BCUT2D eigenvalue weighted by molar-refractivity contribution is 0.0739. The van der Waals surface area contributed by atoms with Crippen LogP contribution in [0.25, 0.3) is 0 Å². The first-order valence-corrected chi connectivity index (χ1v) is 8.68. The number of hydrogen-bond donors (Lipinski definition) is 0. The molecule has 1 aliphatic rings. The van der Waals surface area contributed by atoms with Crippen molar-refractivity contribution in [3.05, 3.63) is 40.1 Å². The van der Waals surface area contributed by atoms with E-state index >= 15 is 0 Å². The van der Waals surface area contributed by atoms with Crippen LogP contribution in [0.2, 0.25) is 0 Å². The van der Waals surface area contributed by atoms with E-state index in [-0.39, 0.29) is 5.91 Å². The molecular weight excluding hydrogens is 372 g/mol. The van der Waals surface area contributed by atoms with Crippen LogP contribution in [0.1, 0.15) is 16.2 Å². The van der Waals surface area contributed by atoms with Gasteiger partial charge in [0.2, 0.25) is 0 Å². The number of aromatic nitrogens is 2. The first kappa shape index (κ1) is 16.8. The summed E-state index contributed by atoms with van der Waals surface area (Å²) in [5.41, 5.74) is 2.60. The SMILES string of the molecule is COc1ccc(N2CCN(C(=O)c3nn(C)c(C)c3Br)CC2)cc1. The Hall–Kier alpha value is -2.02. The Morgan fingerprint density at radius 1 is 1.17 bits per heavy atom. The van der Waals surface area contributed by atoms with Crippen molar-refractivity contribution in [1.82, 2.24) is 14.7 Å². The first-order chi connectivity index (χ1) is 11.5. The van der Waals surface area contributed by atoms with Crippen molar-refractivity contribution in [2.75, 3.05) is 38.2 Å². The molecular formula is C17H21BrN4O2. The minimum absolute atomic E-state index is 0.0139. The van der Waals surface area contributed by atoms with E-state index in [1.807, 2.05) is 31.0 Å². The molecule has 1 aromatic heterocycles. The zero-order valence-electron chi connectivity index (χ0n) is 14.1. The summed E-state index contributed by atoms with van der Waals surface area (Å²) in [5, 5.41) is 4.33. The standard InChI is InChI=1S/C17H21BrN4O2/c1-12-15(18)16(19-20(12)2)17(23)22-10-8-21(9-11-22)13-4-6-14(24-3)7-5-13/h4-7H,8-11H2,1-3H3. The Kier molecular flexibility index (Phi) is 4.80. The van der Waals surface area contributed by atoms with Gasteiger partial charge in [-0.2, -0.15) is 5.10 Å². The molecule has 6 nitrogen and oxygen atoms in total. The average molecular weight is 393 g/mol. The lowest BCUT2D eigenvalue weighted by atomic mass is 10.2. The number of aryl methyl sites for hydroxylation is 1. The third-order valence-electron chi connectivity index (χ3n) is 4.47. The smallest absolute Gasteiger partial charge is 0.275 e. The Bertz CT molecular complexity index is 734. The number of nitrogens with zero attached hydrogens (tertiary/aromatic N) is 4. The van der Waals surface area contributed by atoms with Crippen molar-refractivity contribution in [2.24, 2.45) is 7.05 Å². The second-order valence-electron chi connectivity index (χ2n) is 5.85. The van der Waals surface area contributed by atoms with E-state index in [2.05, 4.69) is 38.1 Å². The van der Waals surface area contributed by atoms with Crippen molar-refractivity contribution < 1.29 is 9.53 Å². The maximum absolute atomic E-state index is 12.7. The predicted octanol–water partition coefficient (Wildman–Crippen LogP) is 2.46. The van der Waals surface area contributed by atoms with E-state index in [9.17, 15) is 4.79 Å². The molecule has 1 aromatic carbocycles. The normalized spacial score (nSPS) is 14.8. The Morgan fingerprint density at radius 2 is 1.79 bits per heavy atom. The second kappa shape index (κ2) is 6.84. The number of methoxy groups -OCH3 is 1. The fourth-order valence-electron chi connectivity index (χ4n) is 2.83. The third kappa shape index (κ3) is 3.13. The summed E-state index contributed by atoms with van der Waals surface area (Å²) < 4.78 is 7.70. The number of benzene rings is 1. The first-order valence-electron chi connectivity index (χ1n) is 7.88. The van der Waals surface area contributed by atoms with Crippen molar-refractivity contribution in [3.63, 3.8) is 0 Å². The molecule has 0 N–H and O–H groups in total. The summed E-state index contributed by atoms with van der Waals surface area (Å²) in [6, 6.07) is 8.02. The number of rotatable bonds is 3. The van der Waals surface area contributed by atoms with Crippen LogP contribution in [0.3, 0.4) is 0 Å². The molecule has 3 rings (SSSR count). The van der Waals surface area contributed by atoms with Crippen LogP contribution in [-0.2, 0) is 7.05 Å². The van der Waals surface area contributed by atoms with Crippen molar-refractivity contribution in [1.29, 1.82) is 0 Å². The fraction of sp³-hybridized carbons (Fsp3) is 0.412. The molecule has 128 valence electrons. The van der Waals surface area contributed by atoms with Gasteiger partial charge in [-0.15, -0.1) is 0 Å². The van der Waals surface area contributed by atoms with Gasteiger partial charge in [-0.1, -0.05) is 0 Å². The largest absolute Gasteiger partial charge is 0.497 e. The second-order valence-corrected chi connectivity index (χ2v) is 6.64. The lowest BCUT2D eigenvalue weighted by Crippen LogP contribution is -2.49. The zero-order valence-corrected chi connectivity index (χ0v) is 15.7. The third-order valence-corrected chi connectivity index (χ3v) is 5.42. The topological polar surface area (TPSA) is 50.6 Å². The molecule has 1 fully saturated rings. The van der Waals surface area contributed by atoms with E-state index in [0.29, 0.717) is 18.8 Å². The number of piperazine rings is 1. The average Bonchev–Trinajstić information content (AvgIpc) is 2.89. The van der Waals surface area contributed by atoms with Crippen molar-refractivity contribution >= 4 is 27.5 Å². The Labute approximate surface area is 150 Å². The number of ether oxygens (including phenoxy) is 1. The van der Waals surface area contributed by atoms with Gasteiger partial charge in [-0.3, -0.25) is 9.48 Å². The van der Waals surface area contributed by atoms with E-state index in [1.165, 1.54) is 0 Å².